The summed E-state index contributed by atoms with van der Waals surface area (Å²) in [5, 5.41) is 87.7. The van der Waals surface area contributed by atoms with Crippen LogP contribution in [0.1, 0.15) is 386 Å². The lowest BCUT2D eigenvalue weighted by atomic mass is 9.97. The van der Waals surface area contributed by atoms with Gasteiger partial charge in [-0.3, -0.25) is 4.79 Å². The minimum Gasteiger partial charge on any atom is -0.394 e. The van der Waals surface area contributed by atoms with Gasteiger partial charge in [-0.1, -0.05) is 364 Å². The predicted molar refractivity (Wildman–Crippen MR) is 406 cm³/mol. The molecule has 9 N–H and O–H groups in total. The van der Waals surface area contributed by atoms with Crippen LogP contribution in [0.5, 0.6) is 0 Å². The van der Waals surface area contributed by atoms with E-state index in [1.165, 1.54) is 315 Å². The number of nitrogens with one attached hydrogen (secondary N) is 1. The molecule has 576 valence electrons. The molecule has 2 rings (SSSR count). The summed E-state index contributed by atoms with van der Waals surface area (Å²) in [6, 6.07) is -0.933. The van der Waals surface area contributed by atoms with Gasteiger partial charge in [-0.15, -0.1) is 0 Å². The molecular weight excluding hydrogens is 1230 g/mol. The third kappa shape index (κ3) is 50.4. The number of aliphatic hydroxyl groups excluding tert-OH is 8. The highest BCUT2D eigenvalue weighted by Gasteiger charge is 2.51. The Hall–Kier alpha value is -2.05. The predicted octanol–water partition coefficient (Wildman–Crippen LogP) is 19.4. The molecule has 0 aromatic rings. The first kappa shape index (κ1) is 92.0. The van der Waals surface area contributed by atoms with Crippen LogP contribution in [0.4, 0.5) is 0 Å². The van der Waals surface area contributed by atoms with Gasteiger partial charge >= 0.3 is 0 Å². The number of amides is 1. The smallest absolute Gasteiger partial charge is 0.220 e. The van der Waals surface area contributed by atoms with Gasteiger partial charge in [0.1, 0.15) is 48.8 Å². The number of hydrogen-bond acceptors (Lipinski definition) is 13. The zero-order valence-corrected chi connectivity index (χ0v) is 63.3. The largest absolute Gasteiger partial charge is 0.394 e. The van der Waals surface area contributed by atoms with Crippen molar-refractivity contribution >= 4 is 5.91 Å². The van der Waals surface area contributed by atoms with Crippen molar-refractivity contribution in [2.75, 3.05) is 19.8 Å². The molecule has 0 aliphatic carbocycles. The van der Waals surface area contributed by atoms with Gasteiger partial charge in [-0.25, -0.2) is 0 Å². The summed E-state index contributed by atoms with van der Waals surface area (Å²) in [6.45, 7) is 2.84. The van der Waals surface area contributed by atoms with Crippen LogP contribution < -0.4 is 5.32 Å². The van der Waals surface area contributed by atoms with Gasteiger partial charge in [0.05, 0.1) is 32.0 Å². The second-order valence-electron chi connectivity index (χ2n) is 29.6. The minimum absolute atomic E-state index is 0.242. The molecule has 14 nitrogen and oxygen atoms in total. The van der Waals surface area contributed by atoms with Gasteiger partial charge in [0.15, 0.2) is 12.6 Å². The SMILES string of the molecule is CCCCCCC/C=C\C/C=C\CCCCCCCCCCCCCCCCCCCCCCCC(=O)NC(COC1OC(CO)C(OC2OC(CO)C(O)C(O)C2O)C(O)C1O)C(O)/C=C/CC/C=C/CCCCCCCCCCCCCCCCCCCCCCCCCCC. The van der Waals surface area contributed by atoms with Crippen LogP contribution in [0.25, 0.3) is 0 Å². The average molecular weight is 1390 g/mol. The van der Waals surface area contributed by atoms with Crippen LogP contribution in [0.15, 0.2) is 48.6 Å². The number of aliphatic hydroxyl groups is 8. The lowest BCUT2D eigenvalue weighted by Gasteiger charge is -2.46. The van der Waals surface area contributed by atoms with Gasteiger partial charge < -0.3 is 65.1 Å². The summed E-state index contributed by atoms with van der Waals surface area (Å²) in [7, 11) is 0. The van der Waals surface area contributed by atoms with Crippen molar-refractivity contribution in [3.8, 4) is 0 Å². The third-order valence-electron chi connectivity index (χ3n) is 20.5. The molecule has 12 atom stereocenters. The molecule has 2 aliphatic rings. The van der Waals surface area contributed by atoms with Crippen molar-refractivity contribution in [2.45, 2.75) is 460 Å². The zero-order chi connectivity index (χ0) is 70.8. The summed E-state index contributed by atoms with van der Waals surface area (Å²) in [5.41, 5.74) is 0. The second-order valence-corrected chi connectivity index (χ2v) is 29.6. The molecule has 0 bridgehead atoms. The van der Waals surface area contributed by atoms with Crippen molar-refractivity contribution in [1.29, 1.82) is 0 Å². The van der Waals surface area contributed by atoms with E-state index < -0.39 is 86.8 Å². The Bertz CT molecular complexity index is 1830. The van der Waals surface area contributed by atoms with Gasteiger partial charge in [0.25, 0.3) is 0 Å². The number of unbranched alkanes of at least 4 members (excludes halogenated alkanes) is 52. The molecule has 1 amide bonds. The Morgan fingerprint density at radius 2 is 0.684 bits per heavy atom. The molecule has 2 saturated heterocycles. The number of rotatable bonds is 71. The highest BCUT2D eigenvalue weighted by Crippen LogP contribution is 2.30. The monoisotopic (exact) mass is 1390 g/mol. The van der Waals surface area contributed by atoms with E-state index in [1.807, 2.05) is 6.08 Å². The van der Waals surface area contributed by atoms with E-state index in [0.29, 0.717) is 12.8 Å². The number of hydrogen-bond donors (Lipinski definition) is 9. The van der Waals surface area contributed by atoms with Gasteiger partial charge in [-0.05, 0) is 64.2 Å². The van der Waals surface area contributed by atoms with Crippen LogP contribution in [-0.2, 0) is 23.7 Å². The first-order valence-corrected chi connectivity index (χ1v) is 41.9. The van der Waals surface area contributed by atoms with Crippen LogP contribution in [-0.4, -0.2) is 140 Å². The zero-order valence-electron chi connectivity index (χ0n) is 63.3. The summed E-state index contributed by atoms with van der Waals surface area (Å²) < 4.78 is 22.9. The van der Waals surface area contributed by atoms with E-state index in [1.54, 1.807) is 6.08 Å². The van der Waals surface area contributed by atoms with Crippen molar-refractivity contribution in [1.82, 2.24) is 5.32 Å². The van der Waals surface area contributed by atoms with E-state index in [4.69, 9.17) is 18.9 Å². The molecule has 2 aliphatic heterocycles. The minimum atomic E-state index is -1.79. The molecule has 2 fully saturated rings. The average Bonchev–Trinajstić information content (AvgIpc) is 0.793. The quantitative estimate of drug-likeness (QED) is 0.0204. The molecule has 12 unspecified atom stereocenters. The molecule has 2 heterocycles. The van der Waals surface area contributed by atoms with Crippen molar-refractivity contribution in [3.63, 3.8) is 0 Å². The molecule has 98 heavy (non-hydrogen) atoms. The fourth-order valence-electron chi connectivity index (χ4n) is 13.9. The number of ether oxygens (including phenoxy) is 4. The summed E-state index contributed by atoms with van der Waals surface area (Å²) in [5.74, 6) is -0.242. The molecule has 0 saturated carbocycles. The Morgan fingerprint density at radius 1 is 0.367 bits per heavy atom. The van der Waals surface area contributed by atoms with E-state index in [0.717, 1.165) is 38.5 Å². The maximum atomic E-state index is 13.4. The van der Waals surface area contributed by atoms with Gasteiger partial charge in [0, 0.05) is 6.42 Å². The van der Waals surface area contributed by atoms with Crippen LogP contribution in [0.2, 0.25) is 0 Å². The Balaban J connectivity index is 1.61. The first-order chi connectivity index (χ1) is 48.1. The molecule has 0 aromatic carbocycles. The number of allylic oxidation sites excluding steroid dienone is 7. The first-order valence-electron chi connectivity index (χ1n) is 41.9. The standard InChI is InChI=1S/C84H157NO13/c1-3-5-7-9-11-13-15-17-19-21-23-25-27-29-31-33-35-36-38-40-42-44-46-48-50-52-54-56-58-60-62-64-66-68-76(89)85-72(71-95-83-81(94)79(92)82(75(70-87)97-83)98-84-80(93)78(91)77(90)74(69-86)96-84)73(88)67-65-63-61-59-57-55-53-51-49-47-45-43-41-39-37-34-32-30-28-26-24-22-20-18-16-14-12-10-8-6-4-2/h15,17,21,23,57,59,65,67,72-75,77-84,86-88,90-94H,3-14,16,18-20,22,24-56,58,60-64,66,68-71H2,1-2H3,(H,85,89)/b17-15-,23-21-,59-57+,67-65+. The topological polar surface area (TPSA) is 228 Å². The molecule has 0 radical (unpaired) electrons. The molecule has 14 heteroatoms. The normalized spacial score (nSPS) is 22.2. The molecular formula is C84H157NO13. The van der Waals surface area contributed by atoms with Crippen molar-refractivity contribution in [3.05, 3.63) is 48.6 Å². The van der Waals surface area contributed by atoms with E-state index in [-0.39, 0.29) is 18.9 Å². The maximum absolute atomic E-state index is 13.4. The number of carbonyl (C=O) groups is 1. The lowest BCUT2D eigenvalue weighted by molar-refractivity contribution is -0.359. The fraction of sp³-hybridized carbons (Fsp3) is 0.893. The third-order valence-corrected chi connectivity index (χ3v) is 20.5. The molecule has 0 aromatic heterocycles. The second kappa shape index (κ2) is 68.1. The van der Waals surface area contributed by atoms with Gasteiger partial charge in [0.2, 0.25) is 5.91 Å². The van der Waals surface area contributed by atoms with E-state index in [9.17, 15) is 45.6 Å². The maximum Gasteiger partial charge on any atom is 0.220 e. The highest BCUT2D eigenvalue weighted by molar-refractivity contribution is 5.76. The van der Waals surface area contributed by atoms with Crippen LogP contribution in [0, 0.1) is 0 Å². The Kier molecular flexibility index (Phi) is 63.9. The summed E-state index contributed by atoms with van der Waals surface area (Å²) in [6.07, 6.45) is 75.0. The van der Waals surface area contributed by atoms with E-state index in [2.05, 4.69) is 55.6 Å². The Labute approximate surface area is 601 Å². The summed E-state index contributed by atoms with van der Waals surface area (Å²) >= 11 is 0. The Morgan fingerprint density at radius 3 is 1.06 bits per heavy atom. The number of carbonyl (C=O) groups excluding carboxylic acids is 1. The van der Waals surface area contributed by atoms with Crippen LogP contribution in [0.3, 0.4) is 0 Å². The van der Waals surface area contributed by atoms with Gasteiger partial charge in [-0.2, -0.15) is 0 Å². The van der Waals surface area contributed by atoms with Crippen LogP contribution >= 0.6 is 0 Å². The lowest BCUT2D eigenvalue weighted by Crippen LogP contribution is -2.65. The highest BCUT2D eigenvalue weighted by atomic mass is 16.7. The van der Waals surface area contributed by atoms with Crippen molar-refractivity contribution < 1.29 is 64.6 Å². The van der Waals surface area contributed by atoms with Crippen molar-refractivity contribution in [2.24, 2.45) is 0 Å². The fourth-order valence-corrected chi connectivity index (χ4v) is 13.9. The summed E-state index contributed by atoms with van der Waals surface area (Å²) in [4.78, 5) is 13.4. The molecule has 0 spiro atoms. The van der Waals surface area contributed by atoms with E-state index >= 15 is 0 Å².